The molecule has 0 saturated carbocycles. The normalized spacial score (nSPS) is 20.1. The van der Waals surface area contributed by atoms with E-state index < -0.39 is 18.1 Å². The van der Waals surface area contributed by atoms with E-state index in [2.05, 4.69) is 15.7 Å². The summed E-state index contributed by atoms with van der Waals surface area (Å²) in [7, 11) is 0. The topological polar surface area (TPSA) is 126 Å². The van der Waals surface area contributed by atoms with Crippen LogP contribution in [0.3, 0.4) is 0 Å². The number of rotatable bonds is 4. The van der Waals surface area contributed by atoms with Crippen molar-refractivity contribution in [2.24, 2.45) is 10.8 Å². The lowest BCUT2D eigenvalue weighted by molar-refractivity contribution is -0.120. The number of hydrogen-bond donors (Lipinski definition) is 4. The summed E-state index contributed by atoms with van der Waals surface area (Å²) < 4.78 is 0. The minimum Gasteiger partial charge on any atom is -0.350 e. The Morgan fingerprint density at radius 1 is 1.60 bits per heavy atom. The summed E-state index contributed by atoms with van der Waals surface area (Å²) >= 11 is 0. The van der Waals surface area contributed by atoms with Gasteiger partial charge in [0.15, 0.2) is 0 Å². The van der Waals surface area contributed by atoms with Crippen molar-refractivity contribution >= 4 is 24.2 Å². The molecule has 5 amide bonds. The maximum atomic E-state index is 11.0. The fourth-order valence-corrected chi connectivity index (χ4v) is 1.08. The summed E-state index contributed by atoms with van der Waals surface area (Å²) in [6, 6.07) is -1.77. The molecule has 5 N–H and O–H groups in total. The van der Waals surface area contributed by atoms with E-state index in [-0.39, 0.29) is 5.91 Å². The molecule has 82 valence electrons. The monoisotopic (exact) mass is 213 g/mol. The Bertz CT molecular complexity index is 314. The van der Waals surface area contributed by atoms with Crippen LogP contribution in [0.5, 0.6) is 0 Å². The maximum absolute atomic E-state index is 11.0. The number of urea groups is 2. The lowest BCUT2D eigenvalue weighted by atomic mass is 10.2. The van der Waals surface area contributed by atoms with Gasteiger partial charge in [0, 0.05) is 6.21 Å². The van der Waals surface area contributed by atoms with Gasteiger partial charge in [-0.05, 0) is 12.8 Å². The maximum Gasteiger partial charge on any atom is 0.332 e. The molecule has 15 heavy (non-hydrogen) atoms. The summed E-state index contributed by atoms with van der Waals surface area (Å²) in [5.74, 6) is -0.351. The third-order valence-corrected chi connectivity index (χ3v) is 1.71. The van der Waals surface area contributed by atoms with Gasteiger partial charge in [-0.2, -0.15) is 5.10 Å². The number of imide groups is 1. The predicted molar refractivity (Wildman–Crippen MR) is 50.9 cm³/mol. The minimum absolute atomic E-state index is 0.351. The molecule has 0 aromatic carbocycles. The van der Waals surface area contributed by atoms with Crippen LogP contribution in [0.4, 0.5) is 9.59 Å². The van der Waals surface area contributed by atoms with E-state index in [0.29, 0.717) is 12.8 Å². The second-order valence-electron chi connectivity index (χ2n) is 2.88. The van der Waals surface area contributed by atoms with Gasteiger partial charge in [-0.25, -0.2) is 15.0 Å². The van der Waals surface area contributed by atoms with Gasteiger partial charge in [-0.1, -0.05) is 0 Å². The fourth-order valence-electron chi connectivity index (χ4n) is 1.08. The highest BCUT2D eigenvalue weighted by atomic mass is 16.2. The van der Waals surface area contributed by atoms with Gasteiger partial charge in [-0.15, -0.1) is 0 Å². The number of nitrogens with two attached hydrogens (primary N) is 1. The van der Waals surface area contributed by atoms with Crippen molar-refractivity contribution in [2.45, 2.75) is 18.9 Å². The van der Waals surface area contributed by atoms with Crippen LogP contribution in [0.15, 0.2) is 5.10 Å². The molecule has 8 heteroatoms. The largest absolute Gasteiger partial charge is 0.350 e. The van der Waals surface area contributed by atoms with Gasteiger partial charge in [0.2, 0.25) is 0 Å². The standard InChI is InChI=1S/C7H11N5O3/c8-6(14)12-9-3-1-2-4-5(13)11-7(15)10-4/h3-4H,1-2H2,(H3,8,12,14)(H2,10,11,13,15)/b9-3+. The van der Waals surface area contributed by atoms with Gasteiger partial charge in [0.05, 0.1) is 0 Å². The van der Waals surface area contributed by atoms with Crippen molar-refractivity contribution in [2.75, 3.05) is 0 Å². The molecular formula is C7H11N5O3. The van der Waals surface area contributed by atoms with E-state index >= 15 is 0 Å². The number of nitrogens with zero attached hydrogens (tertiary/aromatic N) is 1. The van der Waals surface area contributed by atoms with Crippen molar-refractivity contribution < 1.29 is 14.4 Å². The van der Waals surface area contributed by atoms with E-state index in [9.17, 15) is 14.4 Å². The molecular weight excluding hydrogens is 202 g/mol. The molecule has 1 fully saturated rings. The minimum atomic E-state index is -0.752. The first kappa shape index (κ1) is 11.0. The second-order valence-corrected chi connectivity index (χ2v) is 2.88. The SMILES string of the molecule is NC(=O)N/N=C/CCC1NC(=O)NC1=O. The fraction of sp³-hybridized carbons (Fsp3) is 0.429. The number of amides is 5. The molecule has 0 aromatic rings. The Balaban J connectivity index is 2.20. The Morgan fingerprint density at radius 2 is 2.33 bits per heavy atom. The second kappa shape index (κ2) is 4.94. The summed E-state index contributed by atoms with van der Waals surface area (Å²) in [4.78, 5) is 31.9. The van der Waals surface area contributed by atoms with Crippen molar-refractivity contribution in [3.63, 3.8) is 0 Å². The Hall–Kier alpha value is -2.12. The molecule has 1 heterocycles. The molecule has 0 bridgehead atoms. The smallest absolute Gasteiger partial charge is 0.332 e. The van der Waals surface area contributed by atoms with E-state index in [0.717, 1.165) is 0 Å². The molecule has 0 aromatic heterocycles. The zero-order valence-electron chi connectivity index (χ0n) is 7.82. The quantitative estimate of drug-likeness (QED) is 0.261. The number of carbonyl (C=O) groups is 3. The predicted octanol–water partition coefficient (Wildman–Crippen LogP) is -1.37. The van der Waals surface area contributed by atoms with Crippen LogP contribution < -0.4 is 21.8 Å². The molecule has 1 atom stereocenters. The molecule has 1 unspecified atom stereocenters. The zero-order valence-corrected chi connectivity index (χ0v) is 7.82. The first-order valence-corrected chi connectivity index (χ1v) is 4.28. The van der Waals surface area contributed by atoms with Crippen molar-refractivity contribution in [3.8, 4) is 0 Å². The number of hydrogen-bond acceptors (Lipinski definition) is 4. The number of nitrogens with one attached hydrogen (secondary N) is 3. The summed E-state index contributed by atoms with van der Waals surface area (Å²) in [5, 5.41) is 8.01. The van der Waals surface area contributed by atoms with Crippen molar-refractivity contribution in [1.82, 2.24) is 16.1 Å². The zero-order chi connectivity index (χ0) is 11.3. The molecule has 1 rings (SSSR count). The third kappa shape index (κ3) is 3.63. The van der Waals surface area contributed by atoms with Crippen molar-refractivity contribution in [1.29, 1.82) is 0 Å². The van der Waals surface area contributed by atoms with Gasteiger partial charge in [-0.3, -0.25) is 10.1 Å². The first-order chi connectivity index (χ1) is 7.09. The first-order valence-electron chi connectivity index (χ1n) is 4.28. The van der Waals surface area contributed by atoms with Crippen LogP contribution in [-0.2, 0) is 4.79 Å². The average molecular weight is 213 g/mol. The highest BCUT2D eigenvalue weighted by Crippen LogP contribution is 2.00. The molecule has 1 aliphatic heterocycles. The van der Waals surface area contributed by atoms with Crippen molar-refractivity contribution in [3.05, 3.63) is 0 Å². The average Bonchev–Trinajstić information content (AvgIpc) is 2.44. The van der Waals surface area contributed by atoms with Crippen LogP contribution in [0.1, 0.15) is 12.8 Å². The summed E-state index contributed by atoms with van der Waals surface area (Å²) in [6.45, 7) is 0. The van der Waals surface area contributed by atoms with Gasteiger partial charge in [0.1, 0.15) is 6.04 Å². The molecule has 1 aliphatic rings. The molecule has 0 spiro atoms. The Morgan fingerprint density at radius 3 is 2.87 bits per heavy atom. The Labute approximate surface area is 85.3 Å². The summed E-state index contributed by atoms with van der Waals surface area (Å²) in [6.07, 6.45) is 2.27. The van der Waals surface area contributed by atoms with Crippen LogP contribution in [-0.4, -0.2) is 30.2 Å². The summed E-state index contributed by atoms with van der Waals surface area (Å²) in [5.41, 5.74) is 6.76. The molecule has 0 radical (unpaired) electrons. The third-order valence-electron chi connectivity index (χ3n) is 1.71. The lowest BCUT2D eigenvalue weighted by Crippen LogP contribution is -2.29. The Kier molecular flexibility index (Phi) is 3.61. The molecule has 1 saturated heterocycles. The number of carbonyl (C=O) groups excluding carboxylic acids is 3. The van der Waals surface area contributed by atoms with Crippen LogP contribution >= 0.6 is 0 Å². The molecule has 0 aliphatic carbocycles. The van der Waals surface area contributed by atoms with E-state index in [4.69, 9.17) is 5.73 Å². The van der Waals surface area contributed by atoms with Gasteiger partial charge >= 0.3 is 12.1 Å². The van der Waals surface area contributed by atoms with Gasteiger partial charge in [0.25, 0.3) is 5.91 Å². The highest BCUT2D eigenvalue weighted by Gasteiger charge is 2.28. The van der Waals surface area contributed by atoms with Crippen LogP contribution in [0.2, 0.25) is 0 Å². The highest BCUT2D eigenvalue weighted by molar-refractivity contribution is 6.04. The lowest BCUT2D eigenvalue weighted by Gasteiger charge is -2.02. The van der Waals surface area contributed by atoms with E-state index in [1.807, 2.05) is 5.43 Å². The molecule has 8 nitrogen and oxygen atoms in total. The number of hydrazone groups is 1. The van der Waals surface area contributed by atoms with E-state index in [1.165, 1.54) is 6.21 Å². The number of primary amides is 1. The van der Waals surface area contributed by atoms with Crippen LogP contribution in [0.25, 0.3) is 0 Å². The van der Waals surface area contributed by atoms with E-state index in [1.54, 1.807) is 0 Å². The van der Waals surface area contributed by atoms with Crippen LogP contribution in [0, 0.1) is 0 Å². The van der Waals surface area contributed by atoms with Gasteiger partial charge < -0.3 is 11.1 Å².